The molecule has 0 aliphatic heterocycles. The topological polar surface area (TPSA) is 113 Å². The number of benzene rings is 3. The summed E-state index contributed by atoms with van der Waals surface area (Å²) in [7, 11) is -5.91. The summed E-state index contributed by atoms with van der Waals surface area (Å²) in [5.74, 6) is -0.0987. The molecule has 3 aromatic carbocycles. The fourth-order valence-electron chi connectivity index (χ4n) is 3.55. The third kappa shape index (κ3) is 6.68. The van der Waals surface area contributed by atoms with Gasteiger partial charge >= 0.3 is 0 Å². The molecule has 0 atom stereocenters. The van der Waals surface area contributed by atoms with E-state index in [1.165, 1.54) is 27.8 Å². The van der Waals surface area contributed by atoms with Gasteiger partial charge in [-0.2, -0.15) is 4.31 Å². The summed E-state index contributed by atoms with van der Waals surface area (Å²) < 4.78 is 59.2. The molecule has 0 saturated carbocycles. The molecular weight excluding hydrogens is 514 g/mol. The molecule has 0 aromatic heterocycles. The van der Waals surface area contributed by atoms with Gasteiger partial charge in [0.05, 0.1) is 15.5 Å². The molecule has 0 radical (unpaired) electrons. The van der Waals surface area contributed by atoms with Crippen molar-refractivity contribution < 1.29 is 26.4 Å². The summed E-state index contributed by atoms with van der Waals surface area (Å²) >= 11 is 0. The number of hydrogen-bond acceptors (Lipinski definition) is 6. The van der Waals surface area contributed by atoms with Crippen molar-refractivity contribution >= 4 is 37.3 Å². The summed E-state index contributed by atoms with van der Waals surface area (Å²) in [4.78, 5) is 12.7. The molecule has 11 heteroatoms. The standard InChI is InChI=1S/C26H31N3O6S2/c1-5-29(6-2)37(33,34)25-9-7-8-21(18-25)27-26(30)19-35-23-14-12-22(13-15-23)28(4)36(31,32)24-16-10-20(3)11-17-24/h7-18H,5-6,19H2,1-4H3,(H,27,30). The molecule has 0 heterocycles. The largest absolute Gasteiger partial charge is 0.484 e. The lowest BCUT2D eigenvalue weighted by atomic mass is 10.2. The number of nitrogens with zero attached hydrogens (tertiary/aromatic N) is 2. The molecule has 0 aliphatic rings. The summed E-state index contributed by atoms with van der Waals surface area (Å²) in [6.07, 6.45) is 0. The predicted octanol–water partition coefficient (Wildman–Crippen LogP) is 3.87. The molecule has 3 aromatic rings. The molecule has 0 saturated heterocycles. The van der Waals surface area contributed by atoms with Gasteiger partial charge in [-0.1, -0.05) is 37.6 Å². The average molecular weight is 546 g/mol. The van der Waals surface area contributed by atoms with Crippen molar-refractivity contribution in [2.24, 2.45) is 0 Å². The second-order valence-corrected chi connectivity index (χ2v) is 12.1. The minimum absolute atomic E-state index is 0.0928. The van der Waals surface area contributed by atoms with Crippen LogP contribution in [-0.4, -0.2) is 53.8 Å². The molecule has 9 nitrogen and oxygen atoms in total. The second kappa shape index (κ2) is 11.8. The lowest BCUT2D eigenvalue weighted by Crippen LogP contribution is -2.30. The molecule has 0 unspecified atom stereocenters. The third-order valence-corrected chi connectivity index (χ3v) is 9.56. The highest BCUT2D eigenvalue weighted by Crippen LogP contribution is 2.25. The number of amides is 1. The first kappa shape index (κ1) is 28.2. The molecule has 0 fully saturated rings. The average Bonchev–Trinajstić information content (AvgIpc) is 2.88. The maximum Gasteiger partial charge on any atom is 0.264 e. The number of nitrogens with one attached hydrogen (secondary N) is 1. The van der Waals surface area contributed by atoms with Crippen LogP contribution in [0.4, 0.5) is 11.4 Å². The van der Waals surface area contributed by atoms with Crippen molar-refractivity contribution in [1.29, 1.82) is 0 Å². The number of rotatable bonds is 11. The minimum Gasteiger partial charge on any atom is -0.484 e. The highest BCUT2D eigenvalue weighted by Gasteiger charge is 2.22. The van der Waals surface area contributed by atoms with Crippen LogP contribution in [-0.2, 0) is 24.8 Å². The van der Waals surface area contributed by atoms with Gasteiger partial charge in [-0.15, -0.1) is 0 Å². The van der Waals surface area contributed by atoms with Crippen LogP contribution in [0, 0.1) is 6.92 Å². The van der Waals surface area contributed by atoms with E-state index < -0.39 is 26.0 Å². The summed E-state index contributed by atoms with van der Waals surface area (Å²) in [5.41, 5.74) is 1.73. The third-order valence-electron chi connectivity index (χ3n) is 5.71. The van der Waals surface area contributed by atoms with E-state index in [1.54, 1.807) is 74.5 Å². The summed E-state index contributed by atoms with van der Waals surface area (Å²) in [6.45, 7) is 5.78. The summed E-state index contributed by atoms with van der Waals surface area (Å²) in [5, 5.41) is 2.64. The fraction of sp³-hybridized carbons (Fsp3) is 0.269. The van der Waals surface area contributed by atoms with Crippen molar-refractivity contribution in [3.05, 3.63) is 78.4 Å². The van der Waals surface area contributed by atoms with Crippen LogP contribution in [0.5, 0.6) is 5.75 Å². The van der Waals surface area contributed by atoms with Crippen LogP contribution >= 0.6 is 0 Å². The van der Waals surface area contributed by atoms with Crippen LogP contribution in [0.3, 0.4) is 0 Å². The number of carbonyl (C=O) groups is 1. The Hall–Kier alpha value is -3.41. The van der Waals surface area contributed by atoms with Crippen LogP contribution in [0.2, 0.25) is 0 Å². The van der Waals surface area contributed by atoms with E-state index in [9.17, 15) is 21.6 Å². The van der Waals surface area contributed by atoms with Crippen LogP contribution in [0.1, 0.15) is 19.4 Å². The Bertz CT molecular complexity index is 1430. The molecule has 0 bridgehead atoms. The van der Waals surface area contributed by atoms with E-state index in [1.807, 2.05) is 6.92 Å². The number of ether oxygens (including phenoxy) is 1. The van der Waals surface area contributed by atoms with Crippen molar-refractivity contribution in [3.8, 4) is 5.75 Å². The van der Waals surface area contributed by atoms with E-state index >= 15 is 0 Å². The van der Waals surface area contributed by atoms with Crippen LogP contribution < -0.4 is 14.4 Å². The van der Waals surface area contributed by atoms with Crippen LogP contribution in [0.15, 0.2) is 82.6 Å². The number of sulfonamides is 2. The Balaban J connectivity index is 1.62. The quantitative estimate of drug-likeness (QED) is 0.391. The molecule has 0 aliphatic carbocycles. The van der Waals surface area contributed by atoms with Gasteiger partial charge in [-0.05, 0) is 61.5 Å². The normalized spacial score (nSPS) is 11.8. The van der Waals surface area contributed by atoms with Gasteiger partial charge in [-0.25, -0.2) is 16.8 Å². The Morgan fingerprint density at radius 2 is 1.46 bits per heavy atom. The molecular formula is C26H31N3O6S2. The molecule has 0 spiro atoms. The van der Waals surface area contributed by atoms with Gasteiger partial charge in [0.2, 0.25) is 10.0 Å². The van der Waals surface area contributed by atoms with Gasteiger partial charge in [0.15, 0.2) is 6.61 Å². The maximum absolute atomic E-state index is 12.9. The van der Waals surface area contributed by atoms with E-state index in [-0.39, 0.29) is 16.4 Å². The van der Waals surface area contributed by atoms with Crippen LogP contribution in [0.25, 0.3) is 0 Å². The smallest absolute Gasteiger partial charge is 0.264 e. The van der Waals surface area contributed by atoms with Crippen molar-refractivity contribution in [2.75, 3.05) is 36.4 Å². The number of hydrogen-bond donors (Lipinski definition) is 1. The van der Waals surface area contributed by atoms with Gasteiger partial charge in [0.1, 0.15) is 5.75 Å². The zero-order valence-electron chi connectivity index (χ0n) is 21.2. The highest BCUT2D eigenvalue weighted by atomic mass is 32.2. The lowest BCUT2D eigenvalue weighted by molar-refractivity contribution is -0.118. The lowest BCUT2D eigenvalue weighted by Gasteiger charge is -2.20. The Labute approximate surface area is 218 Å². The van der Waals surface area contributed by atoms with Gasteiger partial charge in [-0.3, -0.25) is 9.10 Å². The molecule has 1 amide bonds. The van der Waals surface area contributed by atoms with E-state index in [0.717, 1.165) is 5.56 Å². The Morgan fingerprint density at radius 1 is 0.838 bits per heavy atom. The highest BCUT2D eigenvalue weighted by molar-refractivity contribution is 7.92. The number of carbonyl (C=O) groups excluding carboxylic acids is 1. The Morgan fingerprint density at radius 3 is 2.05 bits per heavy atom. The van der Waals surface area contributed by atoms with Gasteiger partial charge < -0.3 is 10.1 Å². The number of aryl methyl sites for hydroxylation is 1. The van der Waals surface area contributed by atoms with Gasteiger partial charge in [0, 0.05) is 25.8 Å². The van der Waals surface area contributed by atoms with E-state index in [4.69, 9.17) is 4.74 Å². The monoisotopic (exact) mass is 545 g/mol. The first-order chi connectivity index (χ1) is 17.5. The fourth-order valence-corrected chi connectivity index (χ4v) is 6.25. The second-order valence-electron chi connectivity index (χ2n) is 8.23. The minimum atomic E-state index is -3.72. The van der Waals surface area contributed by atoms with E-state index in [2.05, 4.69) is 5.32 Å². The maximum atomic E-state index is 12.9. The molecule has 3 rings (SSSR count). The molecule has 1 N–H and O–H groups in total. The first-order valence-corrected chi connectivity index (χ1v) is 14.6. The SMILES string of the molecule is CCN(CC)S(=O)(=O)c1cccc(NC(=O)COc2ccc(N(C)S(=O)(=O)c3ccc(C)cc3)cc2)c1. The van der Waals surface area contributed by atoms with Crippen molar-refractivity contribution in [1.82, 2.24) is 4.31 Å². The number of anilines is 2. The first-order valence-electron chi connectivity index (χ1n) is 11.7. The van der Waals surface area contributed by atoms with E-state index in [0.29, 0.717) is 30.2 Å². The Kier molecular flexibility index (Phi) is 8.95. The van der Waals surface area contributed by atoms with Crippen molar-refractivity contribution in [2.45, 2.75) is 30.6 Å². The predicted molar refractivity (Wildman–Crippen MR) is 144 cm³/mol. The molecule has 198 valence electrons. The van der Waals surface area contributed by atoms with Crippen molar-refractivity contribution in [3.63, 3.8) is 0 Å². The zero-order chi connectivity index (χ0) is 27.2. The summed E-state index contributed by atoms with van der Waals surface area (Å²) in [6, 6.07) is 19.0. The molecule has 37 heavy (non-hydrogen) atoms. The zero-order valence-corrected chi connectivity index (χ0v) is 22.8. The van der Waals surface area contributed by atoms with Gasteiger partial charge in [0.25, 0.3) is 15.9 Å².